The van der Waals surface area contributed by atoms with Crippen LogP contribution in [0.5, 0.6) is 5.75 Å². The summed E-state index contributed by atoms with van der Waals surface area (Å²) in [7, 11) is 0. The highest BCUT2D eigenvalue weighted by molar-refractivity contribution is 5.89. The molecule has 0 N–H and O–H groups in total. The Labute approximate surface area is 139 Å². The molecule has 23 heavy (non-hydrogen) atoms. The molecule has 0 fully saturated rings. The van der Waals surface area contributed by atoms with Gasteiger partial charge in [-0.25, -0.2) is 0 Å². The van der Waals surface area contributed by atoms with Crippen molar-refractivity contribution in [3.8, 4) is 5.75 Å². The first-order valence-corrected chi connectivity index (χ1v) is 8.63. The normalized spacial score (nSPS) is 12.5. The number of benzene rings is 2. The van der Waals surface area contributed by atoms with Crippen molar-refractivity contribution in [2.24, 2.45) is 11.8 Å². The van der Waals surface area contributed by atoms with Gasteiger partial charge in [-0.2, -0.15) is 0 Å². The summed E-state index contributed by atoms with van der Waals surface area (Å²) in [5, 5.41) is 2.13. The van der Waals surface area contributed by atoms with Crippen molar-refractivity contribution >= 4 is 17.1 Å². The maximum absolute atomic E-state index is 10.7. The lowest BCUT2D eigenvalue weighted by Crippen LogP contribution is -2.04. The summed E-state index contributed by atoms with van der Waals surface area (Å²) >= 11 is 0. The number of rotatable bonds is 9. The van der Waals surface area contributed by atoms with Crippen molar-refractivity contribution in [3.05, 3.63) is 42.0 Å². The van der Waals surface area contributed by atoms with Crippen LogP contribution in [0.3, 0.4) is 0 Å². The molecule has 2 aromatic rings. The molecule has 1 atom stereocenters. The van der Waals surface area contributed by atoms with Gasteiger partial charge in [-0.05, 0) is 47.2 Å². The van der Waals surface area contributed by atoms with Gasteiger partial charge < -0.3 is 4.74 Å². The molecule has 0 amide bonds. The lowest BCUT2D eigenvalue weighted by molar-refractivity contribution is 0.276. The summed E-state index contributed by atoms with van der Waals surface area (Å²) in [4.78, 5) is 10.7. The largest absolute Gasteiger partial charge is 0.494 e. The second-order valence-corrected chi connectivity index (χ2v) is 6.89. The first kappa shape index (κ1) is 17.5. The number of ether oxygens (including phenoxy) is 1. The summed E-state index contributed by atoms with van der Waals surface area (Å²) in [5.74, 6) is 2.41. The molecule has 0 heterocycles. The molecule has 1 radical (unpaired) electrons. The molecule has 2 nitrogen and oxygen atoms in total. The van der Waals surface area contributed by atoms with Gasteiger partial charge in [0, 0.05) is 5.56 Å². The van der Waals surface area contributed by atoms with Crippen molar-refractivity contribution in [2.75, 3.05) is 6.61 Å². The molecule has 0 spiro atoms. The van der Waals surface area contributed by atoms with E-state index in [1.54, 1.807) is 6.07 Å². The van der Waals surface area contributed by atoms with Crippen LogP contribution in [0.25, 0.3) is 10.8 Å². The molecular formula is C21H27O2. The molecule has 1 unspecified atom stereocenters. The minimum atomic E-state index is 0.585. The van der Waals surface area contributed by atoms with Crippen LogP contribution < -0.4 is 4.74 Å². The predicted octanol–water partition coefficient (Wildman–Crippen LogP) is 5.53. The first-order valence-electron chi connectivity index (χ1n) is 8.63. The van der Waals surface area contributed by atoms with Crippen molar-refractivity contribution in [3.63, 3.8) is 0 Å². The second-order valence-electron chi connectivity index (χ2n) is 6.89. The van der Waals surface area contributed by atoms with E-state index >= 15 is 0 Å². The molecule has 0 aliphatic rings. The molecule has 0 saturated carbocycles. The van der Waals surface area contributed by atoms with Crippen LogP contribution >= 0.6 is 0 Å². The zero-order valence-corrected chi connectivity index (χ0v) is 14.5. The third-order valence-electron chi connectivity index (χ3n) is 4.29. The minimum absolute atomic E-state index is 0.585. The van der Waals surface area contributed by atoms with E-state index in [2.05, 4.69) is 20.8 Å². The smallest absolute Gasteiger partial charge is 0.233 e. The van der Waals surface area contributed by atoms with Crippen molar-refractivity contribution < 1.29 is 9.53 Å². The summed E-state index contributed by atoms with van der Waals surface area (Å²) in [6.45, 7) is 7.63. The van der Waals surface area contributed by atoms with Crippen molar-refractivity contribution in [1.82, 2.24) is 0 Å². The predicted molar refractivity (Wildman–Crippen MR) is 96.7 cm³/mol. The van der Waals surface area contributed by atoms with Gasteiger partial charge in [-0.1, -0.05) is 58.2 Å². The third kappa shape index (κ3) is 5.70. The molecule has 123 valence electrons. The van der Waals surface area contributed by atoms with Gasteiger partial charge in [0.15, 0.2) is 0 Å². The lowest BCUT2D eigenvalue weighted by Gasteiger charge is -2.13. The summed E-state index contributed by atoms with van der Waals surface area (Å²) in [6.07, 6.45) is 6.92. The van der Waals surface area contributed by atoms with Gasteiger partial charge in [-0.15, -0.1) is 0 Å². The van der Waals surface area contributed by atoms with E-state index in [4.69, 9.17) is 4.74 Å². The fraction of sp³-hybridized carbons (Fsp3) is 0.476. The Morgan fingerprint density at radius 2 is 1.70 bits per heavy atom. The summed E-state index contributed by atoms with van der Waals surface area (Å²) in [6, 6.07) is 11.6. The molecule has 2 heteroatoms. The van der Waals surface area contributed by atoms with E-state index in [1.807, 2.05) is 36.6 Å². The highest BCUT2D eigenvalue weighted by Crippen LogP contribution is 2.22. The Balaban J connectivity index is 1.81. The average molecular weight is 311 g/mol. The van der Waals surface area contributed by atoms with Gasteiger partial charge in [0.1, 0.15) is 5.75 Å². The highest BCUT2D eigenvalue weighted by atomic mass is 16.5. The highest BCUT2D eigenvalue weighted by Gasteiger charge is 2.05. The standard InChI is InChI=1S/C21H27O2/c1-16(2)5-4-6-17(3)11-12-23-21-10-9-19-13-18(15-22)7-8-20(19)14-21/h7-10,13-14,16-17H,4-6,11-12H2,1-3H3. The van der Waals surface area contributed by atoms with Crippen LogP contribution in [0.2, 0.25) is 0 Å². The number of hydrogen-bond acceptors (Lipinski definition) is 2. The van der Waals surface area contributed by atoms with E-state index in [1.165, 1.54) is 19.3 Å². The molecule has 0 aliphatic carbocycles. The van der Waals surface area contributed by atoms with Crippen LogP contribution in [0.4, 0.5) is 0 Å². The Kier molecular flexibility index (Phi) is 6.64. The van der Waals surface area contributed by atoms with E-state index in [9.17, 15) is 4.79 Å². The van der Waals surface area contributed by atoms with Crippen LogP contribution in [0.15, 0.2) is 36.4 Å². The van der Waals surface area contributed by atoms with Crippen molar-refractivity contribution in [1.29, 1.82) is 0 Å². The third-order valence-corrected chi connectivity index (χ3v) is 4.29. The summed E-state index contributed by atoms with van der Waals surface area (Å²) in [5.41, 5.74) is 0.585. The average Bonchev–Trinajstić information content (AvgIpc) is 2.54. The van der Waals surface area contributed by atoms with Crippen LogP contribution in [0.1, 0.15) is 52.0 Å². The van der Waals surface area contributed by atoms with Gasteiger partial charge >= 0.3 is 0 Å². The molecule has 0 saturated heterocycles. The fourth-order valence-electron chi connectivity index (χ4n) is 2.77. The Bertz CT molecular complexity index is 631. The number of fused-ring (bicyclic) bond motifs is 1. The second kappa shape index (κ2) is 8.71. The van der Waals surface area contributed by atoms with Gasteiger partial charge in [0.05, 0.1) is 6.61 Å². The van der Waals surface area contributed by atoms with E-state index < -0.39 is 0 Å². The van der Waals surface area contributed by atoms with E-state index in [0.29, 0.717) is 11.5 Å². The van der Waals surface area contributed by atoms with Crippen LogP contribution in [-0.2, 0) is 4.79 Å². The quantitative estimate of drug-likeness (QED) is 0.608. The molecule has 0 bridgehead atoms. The van der Waals surface area contributed by atoms with E-state index in [0.717, 1.165) is 35.5 Å². The monoisotopic (exact) mass is 311 g/mol. The summed E-state index contributed by atoms with van der Waals surface area (Å²) < 4.78 is 5.89. The van der Waals surface area contributed by atoms with Crippen LogP contribution in [-0.4, -0.2) is 12.9 Å². The molecule has 2 aromatic carbocycles. The molecule has 2 rings (SSSR count). The topological polar surface area (TPSA) is 26.3 Å². The zero-order chi connectivity index (χ0) is 16.7. The number of carbonyl (C=O) groups excluding carboxylic acids is 1. The first-order chi connectivity index (χ1) is 11.1. The number of hydrogen-bond donors (Lipinski definition) is 0. The molecular weight excluding hydrogens is 284 g/mol. The molecule has 0 aliphatic heterocycles. The van der Waals surface area contributed by atoms with Gasteiger partial charge in [-0.3, -0.25) is 4.79 Å². The van der Waals surface area contributed by atoms with E-state index in [-0.39, 0.29) is 0 Å². The Morgan fingerprint density at radius 3 is 2.43 bits per heavy atom. The maximum Gasteiger partial charge on any atom is 0.233 e. The van der Waals surface area contributed by atoms with Gasteiger partial charge in [0.25, 0.3) is 0 Å². The Morgan fingerprint density at radius 1 is 0.957 bits per heavy atom. The molecule has 0 aromatic heterocycles. The zero-order valence-electron chi connectivity index (χ0n) is 14.5. The maximum atomic E-state index is 10.7. The minimum Gasteiger partial charge on any atom is -0.494 e. The van der Waals surface area contributed by atoms with Crippen LogP contribution in [0, 0.1) is 11.8 Å². The fourth-order valence-corrected chi connectivity index (χ4v) is 2.77. The van der Waals surface area contributed by atoms with Gasteiger partial charge in [0.2, 0.25) is 6.29 Å². The Hall–Kier alpha value is -1.83. The lowest BCUT2D eigenvalue weighted by atomic mass is 9.98. The van der Waals surface area contributed by atoms with Crippen molar-refractivity contribution in [2.45, 2.75) is 46.5 Å². The SMILES string of the molecule is CC(C)CCCC(C)CCOc1ccc2cc([C]=O)ccc2c1.